The second kappa shape index (κ2) is 60.7. The van der Waals surface area contributed by atoms with Gasteiger partial charge in [0.25, 0.3) is 11.5 Å². The minimum atomic E-state index is -2.40. The largest absolute Gasteiger partial charge is 0.508 e. The molecule has 146 heavy (non-hydrogen) atoms. The summed E-state index contributed by atoms with van der Waals surface area (Å²) in [5, 5.41) is 175. The molecular formula is C92H124Cl2N12O38S2. The van der Waals surface area contributed by atoms with E-state index in [2.05, 4.69) is 51.8 Å². The topological polar surface area (TPSA) is 825 Å². The highest BCUT2D eigenvalue weighted by atomic mass is 35.5. The van der Waals surface area contributed by atoms with Crippen LogP contribution in [0.2, 0.25) is 5.02 Å². The van der Waals surface area contributed by atoms with Crippen LogP contribution >= 0.6 is 44.8 Å². The number of ketones is 3. The molecule has 26 N–H and O–H groups in total. The van der Waals surface area contributed by atoms with E-state index in [4.69, 9.17) is 62.8 Å². The Labute approximate surface area is 852 Å². The molecule has 1 aliphatic heterocycles. The van der Waals surface area contributed by atoms with E-state index in [1.54, 1.807) is 69.3 Å². The number of esters is 2. The predicted octanol–water partition coefficient (Wildman–Crippen LogP) is -1.93. The number of carboxylic acids is 4. The van der Waals surface area contributed by atoms with E-state index in [0.717, 1.165) is 34.7 Å². The Balaban J connectivity index is 0.000000526. The second-order valence-corrected chi connectivity index (χ2v) is 38.5. The molecule has 6 rings (SSSR count). The van der Waals surface area contributed by atoms with E-state index in [0.29, 0.717) is 28.3 Å². The Morgan fingerprint density at radius 1 is 0.664 bits per heavy atom. The van der Waals surface area contributed by atoms with E-state index in [-0.39, 0.29) is 84.1 Å². The minimum Gasteiger partial charge on any atom is -0.495 e. The van der Waals surface area contributed by atoms with Gasteiger partial charge in [0, 0.05) is 86.7 Å². The number of amides is 6. The van der Waals surface area contributed by atoms with Gasteiger partial charge in [0.05, 0.1) is 116 Å². The number of cyclic esters (lactones) is 2. The number of nitrogens with two attached hydrogens (primary N) is 1. The molecule has 50 nitrogen and oxygen atoms in total. The van der Waals surface area contributed by atoms with Crippen molar-refractivity contribution in [3.8, 4) is 5.75 Å². The summed E-state index contributed by atoms with van der Waals surface area (Å²) in [6, 6.07) is 12.4. The standard InChI is InChI=1S/C54H73Cl2N3O20S2.C38H51N9O18/c1-28(2)20-41-51(72)77-39(14-11-15-42(63)58-35(23-31-16-17-40(75-7)34(55)22-31)49(69)57-27-54(5,6)52(73)78-41)30(4)47(44(56)32-12-9-8-10-13-32)79-53(74)76-18-19-80-81-26-36(50(70)71)59-48(68)33(45(66)46(67)38(62)25-60)24-37(61)29(3)21-43(64)65;1-40-34(61)20(29(57)31(59)25(53)14-49)9-23(51)22(10-26(54)55)45-35(62)19(28(56)30(58)24(52)13-48)8-18(50)6-7-21(37(64)65)44-33(60)15-2-4-16(5-3-15)41-11-17-12-42-32-27(43-17)36(63)47-38(39)46-32/h8-13,15-17,22,28-30,33,35-36,38-39,41,44-47,60,62,66-67H,14,18-21,23-27H2,1-7H3,(H,57,69)(H,58,63)(H,59,68)(H,64,65)(H,70,71);2-5,12,19-22,24-25,28-31,41,48-49,52-53,56-59H,6-11,13-14H2,1H3,(H,40,61)(H,44,60)(H,45,62)(H,54,55)(H,64,65)(H3,39,42,46,47,63)/b15-11+;/t29-,30-,33-,35+,36?,38+,39-,41-,44-,45+,46+,47+;19-,20-,21-,22-,24+,25+,28+,29+,30+,31+/m00/s1. The van der Waals surface area contributed by atoms with Crippen LogP contribution in [0, 0.1) is 40.9 Å². The normalized spacial score (nSPS) is 18.7. The third-order valence-corrected chi connectivity index (χ3v) is 26.0. The molecule has 2 aromatic heterocycles. The molecular weight excluding hydrogens is 2020 g/mol. The fourth-order valence-corrected chi connectivity index (χ4v) is 16.9. The first-order valence-electron chi connectivity index (χ1n) is 45.4. The number of aliphatic hydroxyl groups excluding tert-OH is 12. The smallest absolute Gasteiger partial charge is 0.495 e. The SMILES string of the molecule is CNC(=O)[C@@H](CC(=O)[C@H](CC(=O)O)NC(=O)[C@@H](CC(=O)CC[C@H](NC(=O)c1ccc(NCc2cnc3nc(N)[nH]c(=O)c3n2)cc1)C(=O)O)[C@@H](O)[C@H](O)[C@H](O)CO)[C@@H](O)[C@H](O)[C@H](O)CO.COc1ccc(C[C@H]2NC(=O)/C=C/C[C@@H]([C@H](C)[C@@H](OC(=O)OCCSSCC(NC(=O)[C@@H](CC(=O)[C@@H](C)CC(=O)O)[C@@H](O)[C@H](O)[C@H](O)CO)C(=O)O)[C@@H](Cl)c3ccccc3)OC(=O)[C@H](CC(C)C)OC(=O)C(C)(C)CNC2=O)cc1Cl. The van der Waals surface area contributed by atoms with Gasteiger partial charge in [-0.2, -0.15) is 4.98 Å². The summed E-state index contributed by atoms with van der Waals surface area (Å²) in [5.74, 6) is -25.3. The summed E-state index contributed by atoms with van der Waals surface area (Å²) in [6.45, 7) is 5.71. The van der Waals surface area contributed by atoms with Gasteiger partial charge in [-0.15, -0.1) is 11.6 Å². The van der Waals surface area contributed by atoms with E-state index in [1.807, 2.05) is 5.32 Å². The summed E-state index contributed by atoms with van der Waals surface area (Å²) < 4.78 is 28.5. The van der Waals surface area contributed by atoms with Crippen LogP contribution in [0.15, 0.2) is 95.9 Å². The lowest BCUT2D eigenvalue weighted by molar-refractivity contribution is -0.180. The van der Waals surface area contributed by atoms with Crippen LogP contribution in [0.1, 0.15) is 132 Å². The van der Waals surface area contributed by atoms with Gasteiger partial charge in [-0.3, -0.25) is 67.3 Å². The van der Waals surface area contributed by atoms with Crippen molar-refractivity contribution in [3.05, 3.63) is 129 Å². The lowest BCUT2D eigenvalue weighted by atomic mass is 9.86. The fraction of sp³-hybridized carbons (Fsp3) is 0.543. The number of aliphatic hydroxyl groups is 12. The number of fused-ring (bicyclic) bond motifs is 1. The zero-order valence-electron chi connectivity index (χ0n) is 80.3. The van der Waals surface area contributed by atoms with E-state index in [1.165, 1.54) is 64.4 Å². The van der Waals surface area contributed by atoms with E-state index >= 15 is 0 Å². The van der Waals surface area contributed by atoms with Crippen molar-refractivity contribution >= 4 is 162 Å². The number of aromatic amines is 1. The molecule has 806 valence electrons. The number of alkyl halides is 1. The number of ether oxygens (including phenoxy) is 5. The van der Waals surface area contributed by atoms with Gasteiger partial charge >= 0.3 is 42.0 Å². The third-order valence-electron chi connectivity index (χ3n) is 22.8. The minimum absolute atomic E-state index is 0.00866. The summed E-state index contributed by atoms with van der Waals surface area (Å²) in [6.07, 6.45) is -27.1. The van der Waals surface area contributed by atoms with E-state index < -0.39 is 303 Å². The molecule has 0 fully saturated rings. The highest BCUT2D eigenvalue weighted by molar-refractivity contribution is 8.76. The monoisotopic (exact) mass is 2140 g/mol. The number of aromatic nitrogens is 4. The summed E-state index contributed by atoms with van der Waals surface area (Å²) >= 11 is 13.5. The van der Waals surface area contributed by atoms with Crippen LogP contribution in [0.25, 0.3) is 11.2 Å². The van der Waals surface area contributed by atoms with Crippen molar-refractivity contribution in [2.45, 2.75) is 215 Å². The number of nitrogens with zero attached hydrogens (tertiary/aromatic N) is 3. The molecule has 0 saturated carbocycles. The number of carbonyl (C=O) groups is 16. The van der Waals surface area contributed by atoms with Crippen LogP contribution < -0.4 is 53.2 Å². The van der Waals surface area contributed by atoms with Gasteiger partial charge in [-0.1, -0.05) is 103 Å². The molecule has 0 bridgehead atoms. The molecule has 6 amide bonds. The number of hydrogen-bond acceptors (Lipinski definition) is 41. The molecule has 54 heteroatoms. The average Bonchev–Trinajstić information content (AvgIpc) is 0.806. The average molecular weight is 2140 g/mol. The van der Waals surface area contributed by atoms with Crippen LogP contribution in [-0.4, -0.2) is 352 Å². The Bertz CT molecular complexity index is 5370. The van der Waals surface area contributed by atoms with Crippen LogP contribution in [0.5, 0.6) is 5.75 Å². The Kier molecular flexibility index (Phi) is 51.7. The Morgan fingerprint density at radius 3 is 1.78 bits per heavy atom. The molecule has 5 aromatic rings. The van der Waals surface area contributed by atoms with Crippen molar-refractivity contribution in [3.63, 3.8) is 0 Å². The number of rotatable bonds is 55. The molecule has 0 radical (unpaired) electrons. The van der Waals surface area contributed by atoms with Gasteiger partial charge in [0.2, 0.25) is 35.5 Å². The summed E-state index contributed by atoms with van der Waals surface area (Å²) in [7, 11) is 4.44. The predicted molar refractivity (Wildman–Crippen MR) is 517 cm³/mol. The molecule has 0 spiro atoms. The molecule has 22 atom stereocenters. The highest BCUT2D eigenvalue weighted by Gasteiger charge is 2.46. The summed E-state index contributed by atoms with van der Waals surface area (Å²) in [4.78, 5) is 235. The number of nitrogens with one attached hydrogen (secondary N) is 8. The van der Waals surface area contributed by atoms with Gasteiger partial charge in [0.15, 0.2) is 23.1 Å². The number of benzene rings is 3. The van der Waals surface area contributed by atoms with Crippen molar-refractivity contribution in [1.29, 1.82) is 0 Å². The lowest BCUT2D eigenvalue weighted by Gasteiger charge is -2.34. The number of hydrogen-bond donors (Lipinski definition) is 25. The van der Waals surface area contributed by atoms with Crippen molar-refractivity contribution in [2.24, 2.45) is 40.9 Å². The quantitative estimate of drug-likeness (QED) is 0.00663. The number of halogens is 2. The molecule has 3 heterocycles. The molecule has 1 unspecified atom stereocenters. The number of H-pyrrole nitrogens is 1. The number of methoxy groups -OCH3 is 1. The van der Waals surface area contributed by atoms with Crippen LogP contribution in [-0.2, 0) is 99.0 Å². The number of anilines is 2. The zero-order valence-corrected chi connectivity index (χ0v) is 83.4. The van der Waals surface area contributed by atoms with Gasteiger partial charge in [-0.05, 0) is 86.2 Å². The fourth-order valence-electron chi connectivity index (χ4n) is 14.2. The molecule has 0 aliphatic carbocycles. The first kappa shape index (κ1) is 124. The van der Waals surface area contributed by atoms with Crippen molar-refractivity contribution in [1.82, 2.24) is 51.8 Å². The first-order valence-corrected chi connectivity index (χ1v) is 48.7. The van der Waals surface area contributed by atoms with Gasteiger partial charge in [0.1, 0.15) is 90.9 Å². The van der Waals surface area contributed by atoms with Crippen molar-refractivity contribution in [2.75, 3.05) is 69.7 Å². The number of carboxylic acid groups (broad SMARTS) is 4. The van der Waals surface area contributed by atoms with Gasteiger partial charge < -0.3 is 148 Å². The maximum Gasteiger partial charge on any atom is 0.508 e. The zero-order chi connectivity index (χ0) is 109. The third kappa shape index (κ3) is 39.5. The van der Waals surface area contributed by atoms with Gasteiger partial charge in [-0.25, -0.2) is 29.1 Å². The Morgan fingerprint density at radius 2 is 1.23 bits per heavy atom. The number of Topliss-reactive ketones (excluding diaryl/α,β-unsaturated/α-hetero) is 3. The maximum atomic E-state index is 14.2. The molecule has 3 aromatic carbocycles. The van der Waals surface area contributed by atoms with Crippen LogP contribution in [0.3, 0.4) is 0 Å². The highest BCUT2D eigenvalue weighted by Crippen LogP contribution is 2.37. The molecule has 0 saturated heterocycles. The Hall–Kier alpha value is -12.3. The lowest BCUT2D eigenvalue weighted by Crippen LogP contribution is -2.53. The van der Waals surface area contributed by atoms with Crippen molar-refractivity contribution < 1.29 is 182 Å². The van der Waals surface area contributed by atoms with E-state index in [9.17, 15) is 153 Å². The summed E-state index contributed by atoms with van der Waals surface area (Å²) in [5.41, 5.74) is 5.42. The molecule has 1 aliphatic rings. The number of aliphatic carboxylic acids is 4. The first-order chi connectivity index (χ1) is 68.7. The number of carbonyl (C=O) groups excluding carboxylic acids is 12. The van der Waals surface area contributed by atoms with Crippen LogP contribution in [0.4, 0.5) is 16.4 Å². The maximum absolute atomic E-state index is 14.2. The second-order valence-electron chi connectivity index (χ2n) is 35.0. The number of nitrogen functional groups attached to an aromatic ring is 1.